The molecule has 0 aliphatic rings. The van der Waals surface area contributed by atoms with Gasteiger partial charge in [0.1, 0.15) is 6.54 Å². The number of hydrogen-bond donors (Lipinski definition) is 1. The van der Waals surface area contributed by atoms with Gasteiger partial charge >= 0.3 is 0 Å². The monoisotopic (exact) mass is 371 g/mol. The molecule has 0 atom stereocenters. The molecule has 6 heteroatoms. The van der Waals surface area contributed by atoms with Crippen LogP contribution >= 0.6 is 15.9 Å². The Morgan fingerprint density at radius 3 is 2.70 bits per heavy atom. The van der Waals surface area contributed by atoms with E-state index in [-0.39, 0.29) is 18.0 Å². The summed E-state index contributed by atoms with van der Waals surface area (Å²) in [5.74, 6) is -0.223. The van der Waals surface area contributed by atoms with Gasteiger partial charge in [0, 0.05) is 11.0 Å². The molecule has 0 saturated carbocycles. The molecule has 2 aromatic carbocycles. The molecule has 5 nitrogen and oxygen atoms in total. The third-order valence-corrected chi connectivity index (χ3v) is 4.26. The summed E-state index contributed by atoms with van der Waals surface area (Å²) in [4.78, 5) is 28.3. The first-order valence-corrected chi connectivity index (χ1v) is 7.89. The van der Waals surface area contributed by atoms with Crippen LogP contribution in [0, 0.1) is 0 Å². The smallest absolute Gasteiger partial charge is 0.269 e. The van der Waals surface area contributed by atoms with Crippen LogP contribution in [0.15, 0.2) is 64.0 Å². The highest BCUT2D eigenvalue weighted by atomic mass is 79.9. The molecular formula is C17H14BrN3O2. The quantitative estimate of drug-likeness (QED) is 0.765. The van der Waals surface area contributed by atoms with Crippen LogP contribution in [-0.2, 0) is 17.9 Å². The number of hydrogen-bond acceptors (Lipinski definition) is 3. The van der Waals surface area contributed by atoms with Crippen molar-refractivity contribution in [3.8, 4) is 0 Å². The van der Waals surface area contributed by atoms with Gasteiger partial charge in [-0.05, 0) is 23.8 Å². The van der Waals surface area contributed by atoms with Gasteiger partial charge in [-0.3, -0.25) is 14.2 Å². The van der Waals surface area contributed by atoms with E-state index in [0.717, 1.165) is 10.0 Å². The van der Waals surface area contributed by atoms with Crippen molar-refractivity contribution < 1.29 is 4.79 Å². The predicted molar refractivity (Wildman–Crippen MR) is 92.0 cm³/mol. The fraction of sp³-hybridized carbons (Fsp3) is 0.118. The number of fused-ring (bicyclic) bond motifs is 1. The van der Waals surface area contributed by atoms with Crippen LogP contribution in [0.5, 0.6) is 0 Å². The van der Waals surface area contributed by atoms with Crippen molar-refractivity contribution in [2.45, 2.75) is 13.1 Å². The fourth-order valence-corrected chi connectivity index (χ4v) is 2.74. The van der Waals surface area contributed by atoms with Crippen molar-refractivity contribution in [1.82, 2.24) is 14.9 Å². The predicted octanol–water partition coefficient (Wildman–Crippen LogP) is 2.48. The van der Waals surface area contributed by atoms with Crippen molar-refractivity contribution in [3.63, 3.8) is 0 Å². The molecule has 0 aliphatic heterocycles. The number of nitrogens with zero attached hydrogens (tertiary/aromatic N) is 2. The third-order valence-electron chi connectivity index (χ3n) is 3.49. The lowest BCUT2D eigenvalue weighted by Gasteiger charge is -2.10. The minimum absolute atomic E-state index is 0.0354. The normalized spacial score (nSPS) is 10.7. The number of amides is 1. The summed E-state index contributed by atoms with van der Waals surface area (Å²) >= 11 is 3.44. The van der Waals surface area contributed by atoms with Crippen LogP contribution < -0.4 is 10.9 Å². The molecule has 0 spiro atoms. The minimum Gasteiger partial charge on any atom is -0.350 e. The largest absolute Gasteiger partial charge is 0.350 e. The van der Waals surface area contributed by atoms with Crippen molar-refractivity contribution in [3.05, 3.63) is 75.1 Å². The Labute approximate surface area is 141 Å². The van der Waals surface area contributed by atoms with E-state index in [0.29, 0.717) is 17.6 Å². The lowest BCUT2D eigenvalue weighted by molar-refractivity contribution is -0.121. The van der Waals surface area contributed by atoms with Gasteiger partial charge in [0.2, 0.25) is 5.91 Å². The highest BCUT2D eigenvalue weighted by molar-refractivity contribution is 9.10. The van der Waals surface area contributed by atoms with Gasteiger partial charge in [-0.2, -0.15) is 0 Å². The fourth-order valence-electron chi connectivity index (χ4n) is 2.31. The summed E-state index contributed by atoms with van der Waals surface area (Å²) in [6, 6.07) is 14.9. The standard InChI is InChI=1S/C17H14BrN3O2/c18-13-6-2-1-5-12(13)9-20-16(22)11-21-15-8-4-3-7-14(15)19-10-17(21)23/h1-8,10H,9,11H2,(H,20,22). The van der Waals surface area contributed by atoms with Crippen molar-refractivity contribution in [1.29, 1.82) is 0 Å². The summed E-state index contributed by atoms with van der Waals surface area (Å²) in [5, 5.41) is 2.83. The molecule has 0 saturated heterocycles. The molecule has 3 aromatic rings. The van der Waals surface area contributed by atoms with Gasteiger partial charge in [-0.1, -0.05) is 46.3 Å². The second-order valence-corrected chi connectivity index (χ2v) is 5.89. The van der Waals surface area contributed by atoms with E-state index in [2.05, 4.69) is 26.2 Å². The van der Waals surface area contributed by atoms with E-state index in [4.69, 9.17) is 0 Å². The SMILES string of the molecule is O=C(Cn1c(=O)cnc2ccccc21)NCc1ccccc1Br. The van der Waals surface area contributed by atoms with E-state index in [9.17, 15) is 9.59 Å². The number of carbonyl (C=O) groups excluding carboxylic acids is 1. The molecule has 0 fully saturated rings. The average Bonchev–Trinajstić information content (AvgIpc) is 2.57. The van der Waals surface area contributed by atoms with E-state index < -0.39 is 0 Å². The summed E-state index contributed by atoms with van der Waals surface area (Å²) in [6.45, 7) is 0.365. The molecule has 0 unspecified atom stereocenters. The maximum absolute atomic E-state index is 12.2. The molecule has 1 aromatic heterocycles. The molecule has 116 valence electrons. The van der Waals surface area contributed by atoms with E-state index in [1.165, 1.54) is 10.8 Å². The molecule has 1 heterocycles. The summed E-state index contributed by atoms with van der Waals surface area (Å²) in [5.41, 5.74) is 2.02. The molecule has 1 amide bonds. The third kappa shape index (κ3) is 3.48. The van der Waals surface area contributed by atoms with Gasteiger partial charge in [-0.15, -0.1) is 0 Å². The number of nitrogens with one attached hydrogen (secondary N) is 1. The number of carbonyl (C=O) groups is 1. The van der Waals surface area contributed by atoms with Crippen LogP contribution in [0.4, 0.5) is 0 Å². The van der Waals surface area contributed by atoms with Crippen LogP contribution in [0.25, 0.3) is 11.0 Å². The maximum Gasteiger partial charge on any atom is 0.269 e. The topological polar surface area (TPSA) is 64.0 Å². The first kappa shape index (κ1) is 15.4. The van der Waals surface area contributed by atoms with E-state index in [1.807, 2.05) is 42.5 Å². The van der Waals surface area contributed by atoms with Crippen molar-refractivity contribution in [2.24, 2.45) is 0 Å². The molecule has 1 N–H and O–H groups in total. The number of aromatic nitrogens is 2. The Morgan fingerprint density at radius 1 is 1.13 bits per heavy atom. The highest BCUT2D eigenvalue weighted by Crippen LogP contribution is 2.15. The van der Waals surface area contributed by atoms with Gasteiger partial charge in [0.05, 0.1) is 17.2 Å². The zero-order valence-electron chi connectivity index (χ0n) is 12.2. The highest BCUT2D eigenvalue weighted by Gasteiger charge is 2.09. The van der Waals surface area contributed by atoms with Crippen molar-refractivity contribution >= 4 is 32.9 Å². The van der Waals surface area contributed by atoms with E-state index in [1.54, 1.807) is 6.07 Å². The summed E-state index contributed by atoms with van der Waals surface area (Å²) in [6.07, 6.45) is 1.24. The lowest BCUT2D eigenvalue weighted by Crippen LogP contribution is -2.32. The van der Waals surface area contributed by atoms with Gasteiger partial charge < -0.3 is 5.32 Å². The molecule has 3 rings (SSSR count). The van der Waals surface area contributed by atoms with Crippen LogP contribution in [-0.4, -0.2) is 15.5 Å². The Kier molecular flexibility index (Phi) is 4.52. The minimum atomic E-state index is -0.292. The number of para-hydroxylation sites is 2. The van der Waals surface area contributed by atoms with Crippen LogP contribution in [0.1, 0.15) is 5.56 Å². The van der Waals surface area contributed by atoms with Gasteiger partial charge in [0.25, 0.3) is 5.56 Å². The first-order valence-electron chi connectivity index (χ1n) is 7.10. The first-order chi connectivity index (χ1) is 11.1. The maximum atomic E-state index is 12.2. The Bertz CT molecular complexity index is 921. The van der Waals surface area contributed by atoms with E-state index >= 15 is 0 Å². The summed E-state index contributed by atoms with van der Waals surface area (Å²) in [7, 11) is 0. The lowest BCUT2D eigenvalue weighted by atomic mass is 10.2. The zero-order valence-corrected chi connectivity index (χ0v) is 13.8. The Morgan fingerprint density at radius 2 is 1.87 bits per heavy atom. The Hall–Kier alpha value is -2.47. The second-order valence-electron chi connectivity index (χ2n) is 5.04. The van der Waals surface area contributed by atoms with Crippen molar-refractivity contribution in [2.75, 3.05) is 0 Å². The zero-order chi connectivity index (χ0) is 16.2. The summed E-state index contributed by atoms with van der Waals surface area (Å²) < 4.78 is 2.37. The van der Waals surface area contributed by atoms with Crippen LogP contribution in [0.2, 0.25) is 0 Å². The van der Waals surface area contributed by atoms with Gasteiger partial charge in [-0.25, -0.2) is 4.98 Å². The Balaban J connectivity index is 1.77. The second kappa shape index (κ2) is 6.75. The molecule has 23 heavy (non-hydrogen) atoms. The number of benzene rings is 2. The van der Waals surface area contributed by atoms with Gasteiger partial charge in [0.15, 0.2) is 0 Å². The van der Waals surface area contributed by atoms with Crippen LogP contribution in [0.3, 0.4) is 0 Å². The number of rotatable bonds is 4. The average molecular weight is 372 g/mol. The molecule has 0 bridgehead atoms. The molecule has 0 radical (unpaired) electrons. The molecule has 0 aliphatic carbocycles. The number of halogens is 1. The molecular weight excluding hydrogens is 358 g/mol.